The van der Waals surface area contributed by atoms with E-state index in [9.17, 15) is 4.79 Å². The molecule has 2 aromatic rings. The van der Waals surface area contributed by atoms with Crippen molar-refractivity contribution in [1.29, 1.82) is 0 Å². The van der Waals surface area contributed by atoms with E-state index in [1.165, 1.54) is 0 Å². The van der Waals surface area contributed by atoms with Crippen molar-refractivity contribution in [3.63, 3.8) is 0 Å². The Bertz CT molecular complexity index is 765. The number of carbonyl (C=O) groups excluding carboxylic acids is 1. The third kappa shape index (κ3) is 3.91. The molecule has 0 atom stereocenters. The highest BCUT2D eigenvalue weighted by Crippen LogP contribution is 2.36. The summed E-state index contributed by atoms with van der Waals surface area (Å²) in [6, 6.07) is 11.2. The van der Waals surface area contributed by atoms with Gasteiger partial charge in [0.25, 0.3) is 5.91 Å². The van der Waals surface area contributed by atoms with Gasteiger partial charge >= 0.3 is 0 Å². The number of amides is 1. The summed E-state index contributed by atoms with van der Waals surface area (Å²) in [5.74, 6) is 1.13. The van der Waals surface area contributed by atoms with Gasteiger partial charge in [-0.05, 0) is 52.3 Å². The lowest BCUT2D eigenvalue weighted by Gasteiger charge is -2.36. The van der Waals surface area contributed by atoms with E-state index in [4.69, 9.17) is 21.1 Å². The average molecular weight is 440 g/mol. The molecule has 1 amide bonds. The summed E-state index contributed by atoms with van der Waals surface area (Å²) in [6.45, 7) is 2.86. The number of hydrogen-bond donors (Lipinski definition) is 0. The lowest BCUT2D eigenvalue weighted by atomic mass is 10.1. The first kappa shape index (κ1) is 18.9. The third-order valence-electron chi connectivity index (χ3n) is 4.45. The van der Waals surface area contributed by atoms with Crippen LogP contribution in [0.25, 0.3) is 0 Å². The minimum atomic E-state index is -0.0233. The number of methoxy groups -OCH3 is 2. The molecule has 5 nitrogen and oxygen atoms in total. The molecule has 1 fully saturated rings. The Kier molecular flexibility index (Phi) is 5.94. The minimum Gasteiger partial charge on any atom is -0.495 e. The zero-order valence-electron chi connectivity index (χ0n) is 14.7. The quantitative estimate of drug-likeness (QED) is 0.720. The molecule has 0 unspecified atom stereocenters. The predicted molar refractivity (Wildman–Crippen MR) is 107 cm³/mol. The van der Waals surface area contributed by atoms with Gasteiger partial charge < -0.3 is 19.3 Å². The van der Waals surface area contributed by atoms with Gasteiger partial charge in [0.05, 0.1) is 14.2 Å². The molecule has 0 bridgehead atoms. The van der Waals surface area contributed by atoms with Crippen LogP contribution in [0.5, 0.6) is 11.5 Å². The van der Waals surface area contributed by atoms with Crippen LogP contribution in [0.3, 0.4) is 0 Å². The fraction of sp³-hybridized carbons (Fsp3) is 0.316. The summed E-state index contributed by atoms with van der Waals surface area (Å²) in [5.41, 5.74) is 1.68. The van der Waals surface area contributed by atoms with Gasteiger partial charge in [0.1, 0.15) is 16.0 Å². The molecule has 0 radical (unpaired) electrons. The fourth-order valence-corrected chi connectivity index (χ4v) is 3.67. The van der Waals surface area contributed by atoms with Crippen molar-refractivity contribution >= 4 is 39.1 Å². The van der Waals surface area contributed by atoms with Gasteiger partial charge in [0, 0.05) is 42.5 Å². The van der Waals surface area contributed by atoms with Crippen molar-refractivity contribution in [1.82, 2.24) is 4.90 Å². The SMILES string of the molecule is COc1cc(C(=O)N2CCN(c3ccc(Cl)cc3)CC2)cc(OC)c1Br. The standard InChI is InChI=1S/C19H20BrClN2O3/c1-25-16-11-13(12-17(26-2)18(16)20)19(24)23-9-7-22(8-10-23)15-5-3-14(21)4-6-15/h3-6,11-12H,7-10H2,1-2H3. The first-order valence-corrected chi connectivity index (χ1v) is 9.42. The van der Waals surface area contributed by atoms with Crippen LogP contribution in [0, 0.1) is 0 Å². The smallest absolute Gasteiger partial charge is 0.254 e. The molecule has 138 valence electrons. The van der Waals surface area contributed by atoms with Gasteiger partial charge in [0.15, 0.2) is 0 Å². The number of halogens is 2. The van der Waals surface area contributed by atoms with Crippen LogP contribution in [0.15, 0.2) is 40.9 Å². The van der Waals surface area contributed by atoms with E-state index < -0.39 is 0 Å². The van der Waals surface area contributed by atoms with E-state index in [0.717, 1.165) is 23.8 Å². The molecule has 1 heterocycles. The highest BCUT2D eigenvalue weighted by Gasteiger charge is 2.24. The Morgan fingerprint density at radius 1 is 1.00 bits per heavy atom. The van der Waals surface area contributed by atoms with Crippen molar-refractivity contribution in [2.24, 2.45) is 0 Å². The van der Waals surface area contributed by atoms with Gasteiger partial charge in [-0.2, -0.15) is 0 Å². The summed E-state index contributed by atoms with van der Waals surface area (Å²) in [6.07, 6.45) is 0. The molecule has 3 rings (SSSR count). The molecule has 0 spiro atoms. The number of rotatable bonds is 4. The molecular weight excluding hydrogens is 420 g/mol. The Balaban J connectivity index is 1.71. The molecule has 1 saturated heterocycles. The monoisotopic (exact) mass is 438 g/mol. The van der Waals surface area contributed by atoms with E-state index >= 15 is 0 Å². The largest absolute Gasteiger partial charge is 0.495 e. The number of hydrogen-bond acceptors (Lipinski definition) is 4. The second-order valence-corrected chi connectivity index (χ2v) is 7.18. The van der Waals surface area contributed by atoms with E-state index in [1.807, 2.05) is 29.2 Å². The number of anilines is 1. The normalized spacial score (nSPS) is 14.3. The summed E-state index contributed by atoms with van der Waals surface area (Å²) >= 11 is 9.38. The number of benzene rings is 2. The van der Waals surface area contributed by atoms with Crippen LogP contribution in [0.1, 0.15) is 10.4 Å². The lowest BCUT2D eigenvalue weighted by molar-refractivity contribution is 0.0746. The third-order valence-corrected chi connectivity index (χ3v) is 5.48. The molecule has 1 aliphatic rings. The van der Waals surface area contributed by atoms with E-state index in [0.29, 0.717) is 34.6 Å². The Morgan fingerprint density at radius 2 is 1.54 bits per heavy atom. The molecular formula is C19H20BrClN2O3. The van der Waals surface area contributed by atoms with Crippen molar-refractivity contribution in [3.8, 4) is 11.5 Å². The van der Waals surface area contributed by atoms with Gasteiger partial charge in [-0.3, -0.25) is 4.79 Å². The van der Waals surface area contributed by atoms with Gasteiger partial charge in [0.2, 0.25) is 0 Å². The molecule has 0 N–H and O–H groups in total. The highest BCUT2D eigenvalue weighted by atomic mass is 79.9. The molecule has 0 saturated carbocycles. The van der Waals surface area contributed by atoms with Crippen LogP contribution in [0.4, 0.5) is 5.69 Å². The first-order valence-electron chi connectivity index (χ1n) is 8.25. The Labute approximate surface area is 166 Å². The summed E-state index contributed by atoms with van der Waals surface area (Å²) < 4.78 is 11.4. The minimum absolute atomic E-state index is 0.0233. The first-order chi connectivity index (χ1) is 12.5. The highest BCUT2D eigenvalue weighted by molar-refractivity contribution is 9.10. The molecule has 7 heteroatoms. The number of nitrogens with zero attached hydrogens (tertiary/aromatic N) is 2. The zero-order chi connectivity index (χ0) is 18.7. The Morgan fingerprint density at radius 3 is 2.04 bits per heavy atom. The molecule has 2 aromatic carbocycles. The van der Waals surface area contributed by atoms with Gasteiger partial charge in [-0.25, -0.2) is 0 Å². The maximum absolute atomic E-state index is 12.9. The lowest BCUT2D eigenvalue weighted by Crippen LogP contribution is -2.48. The van der Waals surface area contributed by atoms with E-state index in [2.05, 4.69) is 20.8 Å². The van der Waals surface area contributed by atoms with Crippen molar-refractivity contribution in [2.45, 2.75) is 0 Å². The second-order valence-electron chi connectivity index (χ2n) is 5.95. The average Bonchev–Trinajstić information content (AvgIpc) is 2.68. The number of ether oxygens (including phenoxy) is 2. The fourth-order valence-electron chi connectivity index (χ4n) is 3.00. The molecule has 1 aliphatic heterocycles. The van der Waals surface area contributed by atoms with Crippen molar-refractivity contribution in [2.75, 3.05) is 45.3 Å². The van der Waals surface area contributed by atoms with Gasteiger partial charge in [-0.15, -0.1) is 0 Å². The number of piperazine rings is 1. The van der Waals surface area contributed by atoms with Gasteiger partial charge in [-0.1, -0.05) is 11.6 Å². The van der Waals surface area contributed by atoms with E-state index in [-0.39, 0.29) is 5.91 Å². The number of carbonyl (C=O) groups is 1. The van der Waals surface area contributed by atoms with Crippen LogP contribution in [0.2, 0.25) is 5.02 Å². The maximum atomic E-state index is 12.9. The second kappa shape index (κ2) is 8.18. The maximum Gasteiger partial charge on any atom is 0.254 e. The van der Waals surface area contributed by atoms with Crippen LogP contribution < -0.4 is 14.4 Å². The molecule has 0 aliphatic carbocycles. The zero-order valence-corrected chi connectivity index (χ0v) is 17.0. The molecule has 0 aromatic heterocycles. The van der Waals surface area contributed by atoms with Crippen LogP contribution >= 0.6 is 27.5 Å². The Hall–Kier alpha value is -1.92. The van der Waals surface area contributed by atoms with Crippen LogP contribution in [-0.2, 0) is 0 Å². The predicted octanol–water partition coefficient (Wildman–Crippen LogP) is 4.08. The van der Waals surface area contributed by atoms with Crippen molar-refractivity contribution < 1.29 is 14.3 Å². The topological polar surface area (TPSA) is 42.0 Å². The van der Waals surface area contributed by atoms with Crippen molar-refractivity contribution in [3.05, 3.63) is 51.5 Å². The summed E-state index contributed by atoms with van der Waals surface area (Å²) in [7, 11) is 3.14. The molecule has 26 heavy (non-hydrogen) atoms. The summed E-state index contributed by atoms with van der Waals surface area (Å²) in [5, 5.41) is 0.723. The summed E-state index contributed by atoms with van der Waals surface area (Å²) in [4.78, 5) is 17.0. The van der Waals surface area contributed by atoms with E-state index in [1.54, 1.807) is 26.4 Å². The van der Waals surface area contributed by atoms with Crippen LogP contribution in [-0.4, -0.2) is 51.2 Å².